The van der Waals surface area contributed by atoms with E-state index in [1.54, 1.807) is 12.1 Å². The number of ether oxygens (including phenoxy) is 1. The van der Waals surface area contributed by atoms with Crippen LogP contribution in [0.2, 0.25) is 0 Å². The maximum atomic E-state index is 14.3. The number of hydrogen-bond donors (Lipinski definition) is 3. The zero-order valence-electron chi connectivity index (χ0n) is 25.5. The zero-order valence-corrected chi connectivity index (χ0v) is 26.3. The predicted molar refractivity (Wildman–Crippen MR) is 164 cm³/mol. The number of piperazine rings is 1. The zero-order chi connectivity index (χ0) is 32.5. The number of benzene rings is 2. The fourth-order valence-electron chi connectivity index (χ4n) is 7.38. The number of hydrogen-bond acceptors (Lipinski definition) is 6. The van der Waals surface area contributed by atoms with Gasteiger partial charge >= 0.3 is 6.18 Å². The molecule has 248 valence electrons. The number of fused-ring (bicyclic) bond motifs is 2. The van der Waals surface area contributed by atoms with Crippen LogP contribution in [0.5, 0.6) is 0 Å². The van der Waals surface area contributed by atoms with Crippen molar-refractivity contribution in [3.05, 3.63) is 65.0 Å². The van der Waals surface area contributed by atoms with Gasteiger partial charge in [-0.1, -0.05) is 18.2 Å². The van der Waals surface area contributed by atoms with Gasteiger partial charge in [-0.25, -0.2) is 12.8 Å². The third-order valence-corrected chi connectivity index (χ3v) is 11.4. The fraction of sp³-hybridized carbons (Fsp3) is 0.594. The minimum absolute atomic E-state index is 0.0138. The van der Waals surface area contributed by atoms with Gasteiger partial charge in [-0.2, -0.15) is 17.5 Å². The first kappa shape index (κ1) is 33.8. The van der Waals surface area contributed by atoms with Crippen LogP contribution < -0.4 is 16.4 Å². The van der Waals surface area contributed by atoms with Crippen molar-refractivity contribution in [3.63, 3.8) is 0 Å². The molecule has 8 atom stereocenters. The number of anilines is 1. The van der Waals surface area contributed by atoms with Crippen molar-refractivity contribution in [1.82, 2.24) is 9.62 Å². The van der Waals surface area contributed by atoms with Crippen LogP contribution in [0.15, 0.2) is 42.5 Å². The lowest BCUT2D eigenvalue weighted by molar-refractivity contribution is -0.138. The van der Waals surface area contributed by atoms with Crippen LogP contribution in [-0.2, 0) is 32.2 Å². The van der Waals surface area contributed by atoms with Crippen LogP contribution in [0.3, 0.4) is 0 Å². The van der Waals surface area contributed by atoms with Crippen LogP contribution >= 0.6 is 0 Å². The van der Waals surface area contributed by atoms with Crippen LogP contribution in [0.25, 0.3) is 0 Å². The van der Waals surface area contributed by atoms with E-state index in [0.717, 1.165) is 12.5 Å². The molecule has 4 N–H and O–H groups in total. The van der Waals surface area contributed by atoms with Crippen LogP contribution in [-0.4, -0.2) is 67.8 Å². The first-order chi connectivity index (χ1) is 21.2. The first-order valence-electron chi connectivity index (χ1n) is 15.6. The fourth-order valence-corrected chi connectivity index (χ4v) is 9.19. The van der Waals surface area contributed by atoms with Crippen molar-refractivity contribution in [2.24, 2.45) is 11.7 Å². The summed E-state index contributed by atoms with van der Waals surface area (Å²) in [5.41, 5.74) is 6.25. The SMILES string of the molecule is C[C@@H]1CC([C@H](c2ccc(F)cc2)[C@H](N)C(=O)Nc2cccc(C(F)(F)F)c2CC[C@H]2CN[C@@H]3CCCS(=O)(=O)N2C3)C[C@H](C)O1. The van der Waals surface area contributed by atoms with Crippen molar-refractivity contribution in [2.75, 3.05) is 24.2 Å². The Morgan fingerprint density at radius 2 is 1.82 bits per heavy atom. The van der Waals surface area contributed by atoms with Crippen molar-refractivity contribution in [1.29, 1.82) is 0 Å². The van der Waals surface area contributed by atoms with E-state index >= 15 is 0 Å². The Balaban J connectivity index is 1.41. The van der Waals surface area contributed by atoms with E-state index in [0.29, 0.717) is 37.9 Å². The molecule has 45 heavy (non-hydrogen) atoms. The lowest BCUT2D eigenvalue weighted by Gasteiger charge is -2.39. The number of sulfonamides is 1. The summed E-state index contributed by atoms with van der Waals surface area (Å²) < 4.78 is 89.8. The van der Waals surface area contributed by atoms with Crippen molar-refractivity contribution in [2.45, 2.75) is 94.8 Å². The molecule has 3 aliphatic heterocycles. The van der Waals surface area contributed by atoms with Crippen LogP contribution in [0, 0.1) is 11.7 Å². The highest BCUT2D eigenvalue weighted by molar-refractivity contribution is 7.89. The van der Waals surface area contributed by atoms with Gasteiger partial charge in [0.1, 0.15) is 5.82 Å². The molecule has 1 amide bonds. The summed E-state index contributed by atoms with van der Waals surface area (Å²) >= 11 is 0. The number of halogens is 4. The number of nitrogens with one attached hydrogen (secondary N) is 2. The number of nitrogens with zero attached hydrogens (tertiary/aromatic N) is 1. The lowest BCUT2D eigenvalue weighted by atomic mass is 9.74. The van der Waals surface area contributed by atoms with E-state index in [2.05, 4.69) is 10.6 Å². The monoisotopic (exact) mass is 654 g/mol. The topological polar surface area (TPSA) is 114 Å². The highest BCUT2D eigenvalue weighted by Gasteiger charge is 2.41. The number of nitrogens with two attached hydrogens (primary N) is 1. The third-order valence-electron chi connectivity index (χ3n) is 9.42. The molecule has 2 unspecified atom stereocenters. The molecule has 0 radical (unpaired) electrons. The second-order valence-electron chi connectivity index (χ2n) is 12.7. The lowest BCUT2D eigenvalue weighted by Crippen LogP contribution is -2.57. The van der Waals surface area contributed by atoms with Crippen molar-refractivity contribution < 1.29 is 35.5 Å². The Bertz CT molecular complexity index is 1450. The van der Waals surface area contributed by atoms with Gasteiger partial charge in [-0.15, -0.1) is 0 Å². The molecule has 0 aromatic heterocycles. The first-order valence-corrected chi connectivity index (χ1v) is 17.2. The second-order valence-corrected chi connectivity index (χ2v) is 14.8. The molecule has 0 saturated carbocycles. The van der Waals surface area contributed by atoms with E-state index in [1.807, 2.05) is 13.8 Å². The summed E-state index contributed by atoms with van der Waals surface area (Å²) in [7, 11) is -3.53. The van der Waals surface area contributed by atoms with Gasteiger partial charge in [-0.3, -0.25) is 4.79 Å². The van der Waals surface area contributed by atoms with E-state index in [9.17, 15) is 30.8 Å². The molecule has 8 nitrogen and oxygen atoms in total. The van der Waals surface area contributed by atoms with Gasteiger partial charge in [0.25, 0.3) is 0 Å². The highest BCUT2D eigenvalue weighted by atomic mass is 32.2. The molecular weight excluding hydrogens is 612 g/mol. The second kappa shape index (κ2) is 13.6. The Morgan fingerprint density at radius 3 is 2.49 bits per heavy atom. The molecule has 3 saturated heterocycles. The predicted octanol–water partition coefficient (Wildman–Crippen LogP) is 4.80. The van der Waals surface area contributed by atoms with Crippen LogP contribution in [0.1, 0.15) is 68.6 Å². The maximum absolute atomic E-state index is 14.3. The smallest absolute Gasteiger partial charge is 0.376 e. The number of alkyl halides is 3. The van der Waals surface area contributed by atoms with Gasteiger partial charge in [0, 0.05) is 36.8 Å². The maximum Gasteiger partial charge on any atom is 0.416 e. The molecule has 3 aliphatic rings. The third kappa shape index (κ3) is 7.87. The van der Waals surface area contributed by atoms with Crippen molar-refractivity contribution in [3.8, 4) is 0 Å². The molecule has 0 aliphatic carbocycles. The molecule has 5 rings (SSSR count). The number of rotatable bonds is 8. The Morgan fingerprint density at radius 1 is 1.13 bits per heavy atom. The Hall–Kier alpha value is -2.58. The molecule has 3 heterocycles. The molecule has 0 spiro atoms. The molecule has 2 aromatic carbocycles. The summed E-state index contributed by atoms with van der Waals surface area (Å²) in [4.78, 5) is 13.8. The number of amides is 1. The van der Waals surface area contributed by atoms with E-state index < -0.39 is 51.5 Å². The van der Waals surface area contributed by atoms with Gasteiger partial charge in [0.05, 0.1) is 29.6 Å². The highest BCUT2D eigenvalue weighted by Crippen LogP contribution is 2.40. The van der Waals surface area contributed by atoms with E-state index in [-0.39, 0.29) is 54.0 Å². The minimum atomic E-state index is -4.70. The average molecular weight is 655 g/mol. The largest absolute Gasteiger partial charge is 0.416 e. The van der Waals surface area contributed by atoms with Gasteiger partial charge < -0.3 is 21.1 Å². The normalized spacial score (nSPS) is 29.8. The van der Waals surface area contributed by atoms with Crippen molar-refractivity contribution >= 4 is 21.6 Å². The van der Waals surface area contributed by atoms with Crippen LogP contribution in [0.4, 0.5) is 23.2 Å². The minimum Gasteiger partial charge on any atom is -0.376 e. The molecule has 2 aromatic rings. The average Bonchev–Trinajstić information content (AvgIpc) is 3.08. The summed E-state index contributed by atoms with van der Waals surface area (Å²) in [6, 6.07) is 7.76. The Labute approximate surface area is 262 Å². The molecule has 3 fully saturated rings. The number of carbonyl (C=O) groups excluding carboxylic acids is 1. The van der Waals surface area contributed by atoms with Gasteiger partial charge in [0.15, 0.2) is 0 Å². The standard InChI is InChI=1S/C32H42F4N4O4S/c1-19-15-22(16-20(2)44-19)29(21-8-10-23(33)11-9-21)30(37)31(41)39-28-7-3-6-27(32(34,35)36)26(28)13-12-25-17-38-24-5-4-14-45(42,43)40(25)18-24/h3,6-11,19-20,22,24-25,29-30,38H,4-5,12-18,37H2,1-2H3,(H,39,41)/t19-,20+,22?,24-,25+,29+,30+/m1/s1. The molecule has 2 bridgehead atoms. The van der Waals surface area contributed by atoms with Gasteiger partial charge in [-0.05, 0) is 93.7 Å². The molecule has 13 heteroatoms. The quantitative estimate of drug-likeness (QED) is 0.353. The summed E-state index contributed by atoms with van der Waals surface area (Å²) in [6.07, 6.45) is -2.39. The number of carbonyl (C=O) groups is 1. The van der Waals surface area contributed by atoms with E-state index in [1.165, 1.54) is 28.6 Å². The molecular formula is C32H42F4N4O4S. The summed E-state index contributed by atoms with van der Waals surface area (Å²) in [5.74, 6) is -1.71. The summed E-state index contributed by atoms with van der Waals surface area (Å²) in [5, 5.41) is 6.03. The Kier molecular flexibility index (Phi) is 10.2. The van der Waals surface area contributed by atoms with Gasteiger partial charge in [0.2, 0.25) is 15.9 Å². The van der Waals surface area contributed by atoms with E-state index in [4.69, 9.17) is 10.5 Å². The summed E-state index contributed by atoms with van der Waals surface area (Å²) in [6.45, 7) is 4.50.